The molecule has 1 amide bonds. The zero-order chi connectivity index (χ0) is 19.0. The van der Waals surface area contributed by atoms with E-state index in [1.54, 1.807) is 41.1 Å². The fourth-order valence-corrected chi connectivity index (χ4v) is 3.34. The number of anilines is 1. The Morgan fingerprint density at radius 2 is 2.00 bits per heavy atom. The molecule has 0 unspecified atom stereocenters. The molecule has 1 aromatic carbocycles. The predicted molar refractivity (Wildman–Crippen MR) is 104 cm³/mol. The van der Waals surface area contributed by atoms with Gasteiger partial charge in [0.2, 0.25) is 5.91 Å². The summed E-state index contributed by atoms with van der Waals surface area (Å²) in [6, 6.07) is 11.6. The normalized spacial score (nSPS) is 11.2. The Balaban J connectivity index is 1.62. The first-order valence-electron chi connectivity index (χ1n) is 8.24. The zero-order valence-electron chi connectivity index (χ0n) is 14.0. The van der Waals surface area contributed by atoms with Crippen LogP contribution in [-0.2, 0) is 11.3 Å². The Kier molecular flexibility index (Phi) is 4.49. The number of nitrogens with zero attached hydrogens (tertiary/aromatic N) is 3. The lowest BCUT2D eigenvalue weighted by atomic mass is 10.3. The van der Waals surface area contributed by atoms with Gasteiger partial charge in [-0.3, -0.25) is 14.2 Å². The summed E-state index contributed by atoms with van der Waals surface area (Å²) in [5.41, 5.74) is 1.65. The number of hydrogen-bond acceptors (Lipinski definition) is 3. The van der Waals surface area contributed by atoms with Crippen molar-refractivity contribution in [1.82, 2.24) is 14.0 Å². The van der Waals surface area contributed by atoms with Crippen LogP contribution in [0, 0.1) is 5.82 Å². The third-order valence-corrected chi connectivity index (χ3v) is 4.76. The molecule has 3 aromatic heterocycles. The number of nitrogens with one attached hydrogen (secondary N) is 1. The molecule has 0 atom stereocenters. The van der Waals surface area contributed by atoms with Crippen molar-refractivity contribution in [3.8, 4) is 0 Å². The Morgan fingerprint density at radius 1 is 1.19 bits per heavy atom. The number of pyridine rings is 1. The van der Waals surface area contributed by atoms with E-state index in [9.17, 15) is 14.0 Å². The molecule has 6 nitrogen and oxygen atoms in total. The molecule has 0 radical (unpaired) electrons. The standard InChI is InChI=1S/C19H14BrFN4O2/c20-12-5-6-14(13(21)11-12)23-17(26)7-10-25-18-15(3-1-8-22-18)24-9-2-4-16(24)19(25)27/h1-6,8-9,11H,7,10H2,(H,23,26). The largest absolute Gasteiger partial charge is 0.324 e. The molecule has 136 valence electrons. The van der Waals surface area contributed by atoms with E-state index in [1.165, 1.54) is 16.7 Å². The highest BCUT2D eigenvalue weighted by molar-refractivity contribution is 9.10. The van der Waals surface area contributed by atoms with Gasteiger partial charge in [-0.05, 0) is 42.5 Å². The first-order chi connectivity index (χ1) is 13.0. The van der Waals surface area contributed by atoms with Crippen LogP contribution in [0.15, 0.2) is 64.1 Å². The maximum absolute atomic E-state index is 13.9. The maximum atomic E-state index is 13.9. The molecular formula is C19H14BrFN4O2. The van der Waals surface area contributed by atoms with E-state index in [1.807, 2.05) is 6.07 Å². The van der Waals surface area contributed by atoms with Gasteiger partial charge in [-0.15, -0.1) is 0 Å². The van der Waals surface area contributed by atoms with Crippen LogP contribution in [0.4, 0.5) is 10.1 Å². The summed E-state index contributed by atoms with van der Waals surface area (Å²) in [5.74, 6) is -0.918. The van der Waals surface area contributed by atoms with Crippen molar-refractivity contribution >= 4 is 44.2 Å². The summed E-state index contributed by atoms with van der Waals surface area (Å²) in [6.07, 6.45) is 3.41. The van der Waals surface area contributed by atoms with Crippen molar-refractivity contribution in [2.45, 2.75) is 13.0 Å². The summed E-state index contributed by atoms with van der Waals surface area (Å²) in [6.45, 7) is 0.137. The summed E-state index contributed by atoms with van der Waals surface area (Å²) in [5, 5.41) is 2.53. The smallest absolute Gasteiger partial charge is 0.276 e. The molecule has 0 spiro atoms. The summed E-state index contributed by atoms with van der Waals surface area (Å²) in [4.78, 5) is 29.3. The van der Waals surface area contributed by atoms with Crippen molar-refractivity contribution in [3.05, 3.63) is 75.5 Å². The Bertz CT molecular complexity index is 1230. The van der Waals surface area contributed by atoms with E-state index in [0.717, 1.165) is 5.52 Å². The van der Waals surface area contributed by atoms with Gasteiger partial charge in [0.1, 0.15) is 11.3 Å². The number of aryl methyl sites for hydroxylation is 1. The molecule has 0 aliphatic heterocycles. The van der Waals surface area contributed by atoms with E-state index in [2.05, 4.69) is 26.2 Å². The molecular weight excluding hydrogens is 415 g/mol. The third kappa shape index (κ3) is 3.23. The monoisotopic (exact) mass is 428 g/mol. The molecule has 0 aliphatic rings. The average molecular weight is 429 g/mol. The van der Waals surface area contributed by atoms with Crippen molar-refractivity contribution in [2.75, 3.05) is 5.32 Å². The van der Waals surface area contributed by atoms with Crippen molar-refractivity contribution in [3.63, 3.8) is 0 Å². The fourth-order valence-electron chi connectivity index (χ4n) is 3.01. The number of rotatable bonds is 4. The lowest BCUT2D eigenvalue weighted by Crippen LogP contribution is -2.26. The zero-order valence-corrected chi connectivity index (χ0v) is 15.6. The molecule has 8 heteroatoms. The van der Waals surface area contributed by atoms with Gasteiger partial charge in [-0.2, -0.15) is 0 Å². The van der Waals surface area contributed by atoms with Crippen LogP contribution in [0.3, 0.4) is 0 Å². The average Bonchev–Trinajstić information content (AvgIpc) is 3.14. The summed E-state index contributed by atoms with van der Waals surface area (Å²) >= 11 is 3.17. The van der Waals surface area contributed by atoms with Crippen LogP contribution in [0.5, 0.6) is 0 Å². The van der Waals surface area contributed by atoms with Gasteiger partial charge in [0.15, 0.2) is 5.65 Å². The van der Waals surface area contributed by atoms with Crippen molar-refractivity contribution < 1.29 is 9.18 Å². The van der Waals surface area contributed by atoms with Gasteiger partial charge < -0.3 is 9.72 Å². The van der Waals surface area contributed by atoms with E-state index in [4.69, 9.17) is 0 Å². The van der Waals surface area contributed by atoms with Crippen molar-refractivity contribution in [1.29, 1.82) is 0 Å². The first kappa shape index (κ1) is 17.4. The SMILES string of the molecule is O=C(CCn1c(=O)c2cccn2c2cccnc21)Nc1ccc(Br)cc1F. The third-order valence-electron chi connectivity index (χ3n) is 4.26. The quantitative estimate of drug-likeness (QED) is 0.539. The Morgan fingerprint density at radius 3 is 2.81 bits per heavy atom. The predicted octanol–water partition coefficient (Wildman–Crippen LogP) is 3.58. The van der Waals surface area contributed by atoms with Crippen molar-refractivity contribution in [2.24, 2.45) is 0 Å². The molecule has 3 heterocycles. The highest BCUT2D eigenvalue weighted by Crippen LogP contribution is 2.19. The molecule has 4 rings (SSSR count). The molecule has 0 aliphatic carbocycles. The van der Waals surface area contributed by atoms with E-state index in [0.29, 0.717) is 15.6 Å². The van der Waals surface area contributed by atoms with E-state index >= 15 is 0 Å². The number of carbonyl (C=O) groups is 1. The number of fused-ring (bicyclic) bond motifs is 3. The number of hydrogen-bond donors (Lipinski definition) is 1. The topological polar surface area (TPSA) is 68.4 Å². The molecule has 0 saturated heterocycles. The van der Waals surface area contributed by atoms with Gasteiger partial charge in [0, 0.05) is 29.8 Å². The number of amides is 1. The van der Waals surface area contributed by atoms with Crippen LogP contribution in [0.1, 0.15) is 6.42 Å². The first-order valence-corrected chi connectivity index (χ1v) is 9.03. The second kappa shape index (κ2) is 6.96. The second-order valence-electron chi connectivity index (χ2n) is 5.99. The number of benzene rings is 1. The van der Waals surface area contributed by atoms with Gasteiger partial charge in [0.05, 0.1) is 11.2 Å². The van der Waals surface area contributed by atoms with Crippen LogP contribution < -0.4 is 10.9 Å². The summed E-state index contributed by atoms with van der Waals surface area (Å²) in [7, 11) is 0. The number of carbonyl (C=O) groups excluding carboxylic acids is 1. The molecule has 0 saturated carbocycles. The van der Waals surface area contributed by atoms with E-state index in [-0.39, 0.29) is 30.1 Å². The highest BCUT2D eigenvalue weighted by atomic mass is 79.9. The van der Waals surface area contributed by atoms with Crippen LogP contribution in [0.25, 0.3) is 16.7 Å². The van der Waals surface area contributed by atoms with Crippen LogP contribution >= 0.6 is 15.9 Å². The Labute approximate surface area is 161 Å². The minimum absolute atomic E-state index is 0.0119. The molecule has 1 N–H and O–H groups in total. The van der Waals surface area contributed by atoms with Gasteiger partial charge in [-0.1, -0.05) is 15.9 Å². The minimum Gasteiger partial charge on any atom is -0.324 e. The maximum Gasteiger partial charge on any atom is 0.276 e. The molecule has 4 aromatic rings. The molecule has 0 fully saturated rings. The number of halogens is 2. The lowest BCUT2D eigenvalue weighted by molar-refractivity contribution is -0.116. The van der Waals surface area contributed by atoms with Gasteiger partial charge >= 0.3 is 0 Å². The van der Waals surface area contributed by atoms with Gasteiger partial charge in [0.25, 0.3) is 5.56 Å². The minimum atomic E-state index is -0.531. The lowest BCUT2D eigenvalue weighted by Gasteiger charge is -2.12. The van der Waals surface area contributed by atoms with Gasteiger partial charge in [-0.25, -0.2) is 9.37 Å². The van der Waals surface area contributed by atoms with E-state index < -0.39 is 5.82 Å². The fraction of sp³-hybridized carbons (Fsp3) is 0.105. The summed E-state index contributed by atoms with van der Waals surface area (Å²) < 4.78 is 17.7. The highest BCUT2D eigenvalue weighted by Gasteiger charge is 2.13. The van der Waals surface area contributed by atoms with Crippen LogP contribution in [-0.4, -0.2) is 19.9 Å². The number of aromatic nitrogens is 3. The molecule has 0 bridgehead atoms. The van der Waals surface area contributed by atoms with Crippen LogP contribution in [0.2, 0.25) is 0 Å². The Hall–Kier alpha value is -3.00. The second-order valence-corrected chi connectivity index (χ2v) is 6.90. The molecule has 27 heavy (non-hydrogen) atoms.